The number of halogens is 1. The highest BCUT2D eigenvalue weighted by Gasteiger charge is 2.17. The summed E-state index contributed by atoms with van der Waals surface area (Å²) in [5.74, 6) is -0.0564. The largest absolute Gasteiger partial charge is 0.376 e. The lowest BCUT2D eigenvalue weighted by Crippen LogP contribution is -2.37. The number of carbonyl (C=O) groups excluding carboxylic acids is 2. The van der Waals surface area contributed by atoms with Gasteiger partial charge in [-0.25, -0.2) is 0 Å². The molecule has 132 valence electrons. The average Bonchev–Trinajstić information content (AvgIpc) is 3.07. The Kier molecular flexibility index (Phi) is 7.53. The molecule has 0 bridgehead atoms. The lowest BCUT2D eigenvalue weighted by atomic mass is 10.1. The van der Waals surface area contributed by atoms with E-state index in [0.29, 0.717) is 31.1 Å². The fourth-order valence-electron chi connectivity index (χ4n) is 2.70. The monoisotopic (exact) mass is 352 g/mol. The molecule has 1 aliphatic heterocycles. The molecule has 2 amide bonds. The third-order valence-electron chi connectivity index (χ3n) is 4.19. The molecule has 24 heavy (non-hydrogen) atoms. The minimum atomic E-state index is -0.0387. The molecule has 2 rings (SSSR count). The average molecular weight is 353 g/mol. The van der Waals surface area contributed by atoms with E-state index in [4.69, 9.17) is 16.3 Å². The van der Waals surface area contributed by atoms with Crippen molar-refractivity contribution in [2.75, 3.05) is 26.2 Å². The number of ether oxygens (including phenoxy) is 1. The molecular formula is C18H25ClN2O3. The first-order valence-corrected chi connectivity index (χ1v) is 8.80. The molecule has 1 aromatic carbocycles. The first kappa shape index (κ1) is 18.7. The Morgan fingerprint density at radius 2 is 2.04 bits per heavy atom. The van der Waals surface area contributed by atoms with E-state index >= 15 is 0 Å². The van der Waals surface area contributed by atoms with Crippen LogP contribution in [0.5, 0.6) is 0 Å². The Balaban J connectivity index is 1.70. The molecular weight excluding hydrogens is 328 g/mol. The summed E-state index contributed by atoms with van der Waals surface area (Å²) in [7, 11) is 0. The van der Waals surface area contributed by atoms with Gasteiger partial charge in [0, 0.05) is 44.6 Å². The van der Waals surface area contributed by atoms with Crippen molar-refractivity contribution in [3.05, 3.63) is 34.9 Å². The van der Waals surface area contributed by atoms with Crippen LogP contribution in [0.4, 0.5) is 0 Å². The molecule has 1 heterocycles. The molecule has 1 N–H and O–H groups in total. The van der Waals surface area contributed by atoms with Gasteiger partial charge in [-0.15, -0.1) is 0 Å². The number of nitrogens with zero attached hydrogens (tertiary/aromatic N) is 1. The van der Waals surface area contributed by atoms with Gasteiger partial charge in [-0.05, 0) is 37.0 Å². The highest BCUT2D eigenvalue weighted by molar-refractivity contribution is 6.30. The van der Waals surface area contributed by atoms with Crippen molar-refractivity contribution in [1.82, 2.24) is 10.2 Å². The van der Waals surface area contributed by atoms with Gasteiger partial charge in [0.1, 0.15) is 0 Å². The van der Waals surface area contributed by atoms with E-state index < -0.39 is 0 Å². The van der Waals surface area contributed by atoms with Gasteiger partial charge in [0.15, 0.2) is 0 Å². The number of hydrogen-bond acceptors (Lipinski definition) is 3. The van der Waals surface area contributed by atoms with E-state index in [2.05, 4.69) is 5.32 Å². The van der Waals surface area contributed by atoms with Gasteiger partial charge >= 0.3 is 0 Å². The third-order valence-corrected chi connectivity index (χ3v) is 4.44. The molecule has 6 heteroatoms. The summed E-state index contributed by atoms with van der Waals surface area (Å²) in [6, 6.07) is 7.59. The number of hydrogen-bond donors (Lipinski definition) is 1. The summed E-state index contributed by atoms with van der Waals surface area (Å²) in [5, 5.41) is 3.58. The minimum Gasteiger partial charge on any atom is -0.376 e. The van der Waals surface area contributed by atoms with E-state index in [1.54, 1.807) is 4.90 Å². The summed E-state index contributed by atoms with van der Waals surface area (Å²) < 4.78 is 5.47. The van der Waals surface area contributed by atoms with Crippen LogP contribution >= 0.6 is 11.6 Å². The SMILES string of the molecule is CC(=O)N(CCC(=O)NCC1CCCO1)CCc1ccc(Cl)cc1. The normalized spacial score (nSPS) is 16.8. The molecule has 1 aromatic rings. The third kappa shape index (κ3) is 6.49. The van der Waals surface area contributed by atoms with Crippen molar-refractivity contribution >= 4 is 23.4 Å². The standard InChI is InChI=1S/C18H25ClN2O3/c1-14(22)21(10-8-15-4-6-16(19)7-5-15)11-9-18(23)20-13-17-3-2-12-24-17/h4-7,17H,2-3,8-13H2,1H3,(H,20,23). The van der Waals surface area contributed by atoms with Crippen LogP contribution in [-0.2, 0) is 20.7 Å². The minimum absolute atomic E-state index is 0.0177. The van der Waals surface area contributed by atoms with E-state index in [1.165, 1.54) is 6.92 Å². The molecule has 0 aliphatic carbocycles. The van der Waals surface area contributed by atoms with Gasteiger partial charge in [-0.3, -0.25) is 9.59 Å². The zero-order valence-electron chi connectivity index (χ0n) is 14.1. The maximum Gasteiger partial charge on any atom is 0.221 e. The van der Waals surface area contributed by atoms with Gasteiger partial charge in [-0.2, -0.15) is 0 Å². The molecule has 1 unspecified atom stereocenters. The highest BCUT2D eigenvalue weighted by atomic mass is 35.5. The van der Waals surface area contributed by atoms with E-state index in [1.807, 2.05) is 24.3 Å². The van der Waals surface area contributed by atoms with Crippen LogP contribution in [0.25, 0.3) is 0 Å². The Bertz CT molecular complexity index is 542. The van der Waals surface area contributed by atoms with Gasteiger partial charge in [0.05, 0.1) is 6.10 Å². The fourth-order valence-corrected chi connectivity index (χ4v) is 2.83. The molecule has 0 aromatic heterocycles. The molecule has 0 spiro atoms. The van der Waals surface area contributed by atoms with Gasteiger partial charge in [-0.1, -0.05) is 23.7 Å². The second-order valence-corrected chi connectivity index (χ2v) is 6.51. The van der Waals surface area contributed by atoms with Crippen LogP contribution in [-0.4, -0.2) is 49.1 Å². The topological polar surface area (TPSA) is 58.6 Å². The molecule has 0 radical (unpaired) electrons. The van der Waals surface area contributed by atoms with Crippen LogP contribution < -0.4 is 5.32 Å². The molecule has 5 nitrogen and oxygen atoms in total. The highest BCUT2D eigenvalue weighted by Crippen LogP contribution is 2.11. The van der Waals surface area contributed by atoms with Crippen molar-refractivity contribution < 1.29 is 14.3 Å². The summed E-state index contributed by atoms with van der Waals surface area (Å²) in [4.78, 5) is 25.4. The van der Waals surface area contributed by atoms with Crippen molar-refractivity contribution in [2.24, 2.45) is 0 Å². The Labute approximate surface area is 148 Å². The quantitative estimate of drug-likeness (QED) is 0.781. The maximum atomic E-state index is 11.9. The Morgan fingerprint density at radius 3 is 2.67 bits per heavy atom. The summed E-state index contributed by atoms with van der Waals surface area (Å²) in [6.45, 7) is 3.90. The molecule has 1 atom stereocenters. The summed E-state index contributed by atoms with van der Waals surface area (Å²) in [5.41, 5.74) is 1.12. The second kappa shape index (κ2) is 9.64. The van der Waals surface area contributed by atoms with E-state index in [-0.39, 0.29) is 17.9 Å². The zero-order chi connectivity index (χ0) is 17.4. The predicted molar refractivity (Wildman–Crippen MR) is 94.0 cm³/mol. The van der Waals surface area contributed by atoms with Crippen LogP contribution in [0.3, 0.4) is 0 Å². The number of carbonyl (C=O) groups is 2. The zero-order valence-corrected chi connectivity index (χ0v) is 14.8. The molecule has 1 saturated heterocycles. The number of amides is 2. The first-order chi connectivity index (χ1) is 11.5. The van der Waals surface area contributed by atoms with Crippen LogP contribution in [0.2, 0.25) is 5.02 Å². The van der Waals surface area contributed by atoms with Crippen molar-refractivity contribution in [3.63, 3.8) is 0 Å². The van der Waals surface area contributed by atoms with Gasteiger partial charge in [0.2, 0.25) is 11.8 Å². The van der Waals surface area contributed by atoms with Crippen LogP contribution in [0, 0.1) is 0 Å². The lowest BCUT2D eigenvalue weighted by Gasteiger charge is -2.21. The number of nitrogens with one attached hydrogen (secondary N) is 1. The van der Waals surface area contributed by atoms with Crippen LogP contribution in [0.15, 0.2) is 24.3 Å². The number of benzene rings is 1. The lowest BCUT2D eigenvalue weighted by molar-refractivity contribution is -0.129. The first-order valence-electron chi connectivity index (χ1n) is 8.43. The fraction of sp³-hybridized carbons (Fsp3) is 0.556. The Morgan fingerprint density at radius 1 is 1.29 bits per heavy atom. The smallest absolute Gasteiger partial charge is 0.221 e. The van der Waals surface area contributed by atoms with Gasteiger partial charge < -0.3 is 15.0 Å². The summed E-state index contributed by atoms with van der Waals surface area (Å²) >= 11 is 5.87. The van der Waals surface area contributed by atoms with Crippen LogP contribution in [0.1, 0.15) is 31.7 Å². The maximum absolute atomic E-state index is 11.9. The van der Waals surface area contributed by atoms with Crippen molar-refractivity contribution in [2.45, 2.75) is 38.7 Å². The molecule has 1 aliphatic rings. The van der Waals surface area contributed by atoms with E-state index in [0.717, 1.165) is 31.4 Å². The number of rotatable bonds is 8. The molecule has 1 fully saturated rings. The second-order valence-electron chi connectivity index (χ2n) is 6.07. The van der Waals surface area contributed by atoms with Crippen molar-refractivity contribution in [3.8, 4) is 0 Å². The Hall–Kier alpha value is -1.59. The molecule has 0 saturated carbocycles. The van der Waals surface area contributed by atoms with E-state index in [9.17, 15) is 9.59 Å². The van der Waals surface area contributed by atoms with Crippen molar-refractivity contribution in [1.29, 1.82) is 0 Å². The summed E-state index contributed by atoms with van der Waals surface area (Å²) in [6.07, 6.45) is 3.26. The predicted octanol–water partition coefficient (Wildman–Crippen LogP) is 2.42. The van der Waals surface area contributed by atoms with Gasteiger partial charge in [0.25, 0.3) is 0 Å².